The van der Waals surface area contributed by atoms with Gasteiger partial charge in [-0.25, -0.2) is 8.42 Å². The van der Waals surface area contributed by atoms with E-state index in [1.807, 2.05) is 38.1 Å². The molecule has 1 atom stereocenters. The van der Waals surface area contributed by atoms with E-state index in [2.05, 4.69) is 5.32 Å². The van der Waals surface area contributed by atoms with Crippen molar-refractivity contribution in [1.82, 2.24) is 4.31 Å². The highest BCUT2D eigenvalue weighted by molar-refractivity contribution is 7.89. The Hall–Kier alpha value is -2.42. The third kappa shape index (κ3) is 5.08. The molecule has 1 aliphatic rings. The van der Waals surface area contributed by atoms with E-state index in [0.29, 0.717) is 31.1 Å². The topological polar surface area (TPSA) is 84.9 Å². The molecule has 31 heavy (non-hydrogen) atoms. The summed E-state index contributed by atoms with van der Waals surface area (Å²) in [6.45, 7) is 8.48. The molecule has 0 aromatic heterocycles. The van der Waals surface area contributed by atoms with Crippen LogP contribution in [0.2, 0.25) is 0 Å². The molecule has 0 unspecified atom stereocenters. The van der Waals surface area contributed by atoms with Gasteiger partial charge in [-0.15, -0.1) is 0 Å². The lowest BCUT2D eigenvalue weighted by molar-refractivity contribution is -0.128. The first-order chi connectivity index (χ1) is 14.8. The lowest BCUT2D eigenvalue weighted by atomic mass is 9.97. The highest BCUT2D eigenvalue weighted by Crippen LogP contribution is 2.33. The molecule has 1 aliphatic heterocycles. The molecule has 1 amide bonds. The van der Waals surface area contributed by atoms with E-state index >= 15 is 0 Å². The monoisotopic (exact) mass is 446 g/mol. The number of nitrogens with one attached hydrogen (secondary N) is 1. The Labute approximate surface area is 184 Å². The van der Waals surface area contributed by atoms with E-state index in [1.54, 1.807) is 19.9 Å². The van der Waals surface area contributed by atoms with Crippen LogP contribution in [-0.4, -0.2) is 44.4 Å². The first-order valence-electron chi connectivity index (χ1n) is 10.6. The van der Waals surface area contributed by atoms with Crippen LogP contribution in [0.5, 0.6) is 5.75 Å². The number of ether oxygens (including phenoxy) is 2. The maximum Gasteiger partial charge on any atom is 0.258 e. The summed E-state index contributed by atoms with van der Waals surface area (Å²) in [7, 11) is -3.68. The minimum atomic E-state index is -3.68. The quantitative estimate of drug-likeness (QED) is 0.667. The van der Waals surface area contributed by atoms with Crippen LogP contribution in [-0.2, 0) is 26.0 Å². The highest BCUT2D eigenvalue weighted by atomic mass is 32.2. The summed E-state index contributed by atoms with van der Waals surface area (Å²) in [4.78, 5) is 13.2. The highest BCUT2D eigenvalue weighted by Gasteiger charge is 2.29. The smallest absolute Gasteiger partial charge is 0.258 e. The Balaban J connectivity index is 1.96. The van der Waals surface area contributed by atoms with E-state index in [4.69, 9.17) is 9.47 Å². The van der Waals surface area contributed by atoms with Crippen molar-refractivity contribution in [3.63, 3.8) is 0 Å². The second-order valence-electron chi connectivity index (χ2n) is 7.60. The number of anilines is 1. The Morgan fingerprint density at radius 3 is 2.58 bits per heavy atom. The molecule has 0 fully saturated rings. The van der Waals surface area contributed by atoms with Gasteiger partial charge in [0.15, 0.2) is 6.10 Å². The third-order valence-corrected chi connectivity index (χ3v) is 7.19. The number of rotatable bonds is 8. The first-order valence-corrected chi connectivity index (χ1v) is 12.0. The largest absolute Gasteiger partial charge is 0.489 e. The van der Waals surface area contributed by atoms with Gasteiger partial charge in [0.25, 0.3) is 5.91 Å². The molecule has 168 valence electrons. The van der Waals surface area contributed by atoms with Crippen LogP contribution in [0.4, 0.5) is 5.69 Å². The molecule has 1 N–H and O–H groups in total. The number of sulfonamides is 1. The van der Waals surface area contributed by atoms with Crippen molar-refractivity contribution in [2.24, 2.45) is 0 Å². The van der Waals surface area contributed by atoms with Crippen LogP contribution >= 0.6 is 0 Å². The summed E-state index contributed by atoms with van der Waals surface area (Å²) in [6.07, 6.45) is -0.161. The van der Waals surface area contributed by atoms with Crippen LogP contribution in [0.15, 0.2) is 47.4 Å². The number of hydrogen-bond acceptors (Lipinski definition) is 5. The van der Waals surface area contributed by atoms with E-state index in [1.165, 1.54) is 16.4 Å². The zero-order chi connectivity index (χ0) is 22.6. The molecule has 0 saturated carbocycles. The van der Waals surface area contributed by atoms with Crippen molar-refractivity contribution in [2.45, 2.75) is 51.2 Å². The van der Waals surface area contributed by atoms with E-state index in [0.717, 1.165) is 17.5 Å². The molecule has 1 heterocycles. The van der Waals surface area contributed by atoms with Gasteiger partial charge in [-0.3, -0.25) is 4.79 Å². The standard InChI is InChI=1S/C23H30N2O5S/c1-5-25(6-2)31(27,28)18-11-12-21(30-16(3)4)20(15-18)24-23(26)22-19-10-8-7-9-17(19)13-14-29-22/h7-12,15-16,22H,5-6,13-14H2,1-4H3,(H,24,26)/t22-/m0/s1. The van der Waals surface area contributed by atoms with E-state index in [-0.39, 0.29) is 16.9 Å². The lowest BCUT2D eigenvalue weighted by Crippen LogP contribution is -2.31. The van der Waals surface area contributed by atoms with Crippen molar-refractivity contribution >= 4 is 21.6 Å². The number of carbonyl (C=O) groups excluding carboxylic acids is 1. The Kier molecular flexibility index (Phi) is 7.35. The summed E-state index contributed by atoms with van der Waals surface area (Å²) < 4.78 is 38.9. The lowest BCUT2D eigenvalue weighted by Gasteiger charge is -2.26. The molecule has 8 heteroatoms. The van der Waals surface area contributed by atoms with E-state index < -0.39 is 16.1 Å². The van der Waals surface area contributed by atoms with Crippen LogP contribution in [0.1, 0.15) is 44.9 Å². The fraction of sp³-hybridized carbons (Fsp3) is 0.435. The van der Waals surface area contributed by atoms with Crippen molar-refractivity contribution in [1.29, 1.82) is 0 Å². The van der Waals surface area contributed by atoms with Crippen molar-refractivity contribution in [3.05, 3.63) is 53.6 Å². The van der Waals surface area contributed by atoms with Crippen molar-refractivity contribution < 1.29 is 22.7 Å². The predicted molar refractivity (Wildman–Crippen MR) is 120 cm³/mol. The maximum atomic E-state index is 13.1. The van der Waals surface area contributed by atoms with Gasteiger partial charge in [-0.05, 0) is 49.6 Å². The number of fused-ring (bicyclic) bond motifs is 1. The van der Waals surface area contributed by atoms with Gasteiger partial charge in [-0.2, -0.15) is 4.31 Å². The Morgan fingerprint density at radius 2 is 1.90 bits per heavy atom. The zero-order valence-electron chi connectivity index (χ0n) is 18.4. The summed E-state index contributed by atoms with van der Waals surface area (Å²) in [5.74, 6) is 0.0454. The molecule has 2 aromatic carbocycles. The molecule has 0 aliphatic carbocycles. The summed E-state index contributed by atoms with van der Waals surface area (Å²) in [6, 6.07) is 12.2. The normalized spacial score (nSPS) is 16.3. The van der Waals surface area contributed by atoms with Gasteiger partial charge >= 0.3 is 0 Å². The first kappa shape index (κ1) is 23.2. The van der Waals surface area contributed by atoms with Crippen LogP contribution in [0.3, 0.4) is 0 Å². The molecule has 7 nitrogen and oxygen atoms in total. The third-order valence-electron chi connectivity index (χ3n) is 5.15. The van der Waals surface area contributed by atoms with Gasteiger partial charge in [0.1, 0.15) is 5.75 Å². The zero-order valence-corrected chi connectivity index (χ0v) is 19.2. The number of hydrogen-bond donors (Lipinski definition) is 1. The number of carbonyl (C=O) groups is 1. The average Bonchev–Trinajstić information content (AvgIpc) is 2.74. The molecule has 0 bridgehead atoms. The number of nitrogens with zero attached hydrogens (tertiary/aromatic N) is 1. The summed E-state index contributed by atoms with van der Waals surface area (Å²) >= 11 is 0. The van der Waals surface area contributed by atoms with Gasteiger partial charge in [0.05, 0.1) is 23.3 Å². The molecule has 0 spiro atoms. The minimum Gasteiger partial charge on any atom is -0.489 e. The molecule has 0 radical (unpaired) electrons. The van der Waals surface area contributed by atoms with Crippen molar-refractivity contribution in [2.75, 3.05) is 25.0 Å². The summed E-state index contributed by atoms with van der Waals surface area (Å²) in [5, 5.41) is 2.84. The second-order valence-corrected chi connectivity index (χ2v) is 9.54. The van der Waals surface area contributed by atoms with Gasteiger partial charge in [-0.1, -0.05) is 38.1 Å². The predicted octanol–water partition coefficient (Wildman–Crippen LogP) is 3.76. The molecular formula is C23H30N2O5S. The number of amides is 1. The molecule has 2 aromatic rings. The molecule has 0 saturated heterocycles. The minimum absolute atomic E-state index is 0.104. The van der Waals surface area contributed by atoms with Gasteiger partial charge < -0.3 is 14.8 Å². The SMILES string of the molecule is CCN(CC)S(=O)(=O)c1ccc(OC(C)C)c(NC(=O)[C@H]2OCCc3ccccc32)c1. The van der Waals surface area contributed by atoms with Crippen molar-refractivity contribution in [3.8, 4) is 5.75 Å². The summed E-state index contributed by atoms with van der Waals surface area (Å²) in [5.41, 5.74) is 2.20. The average molecular weight is 447 g/mol. The fourth-order valence-electron chi connectivity index (χ4n) is 3.65. The van der Waals surface area contributed by atoms with Crippen LogP contribution in [0, 0.1) is 0 Å². The second kappa shape index (κ2) is 9.80. The van der Waals surface area contributed by atoms with Crippen LogP contribution in [0.25, 0.3) is 0 Å². The van der Waals surface area contributed by atoms with E-state index in [9.17, 15) is 13.2 Å². The van der Waals surface area contributed by atoms with Gasteiger partial charge in [0, 0.05) is 13.1 Å². The Bertz CT molecular complexity index is 1030. The molecule has 3 rings (SSSR count). The van der Waals surface area contributed by atoms with Crippen LogP contribution < -0.4 is 10.1 Å². The van der Waals surface area contributed by atoms with Gasteiger partial charge in [0.2, 0.25) is 10.0 Å². The molecular weight excluding hydrogens is 416 g/mol. The number of benzene rings is 2. The Morgan fingerprint density at radius 1 is 1.19 bits per heavy atom. The fourth-order valence-corrected chi connectivity index (χ4v) is 5.13. The maximum absolute atomic E-state index is 13.1.